The SMILES string of the molecule is COc1ccc(C(=O)Nc2ccc(Br)cc2F)cc1COc1ccccc1C(C)(C)C. The first kappa shape index (κ1) is 22.8. The quantitative estimate of drug-likeness (QED) is 0.421. The molecular weight excluding hydrogens is 461 g/mol. The Balaban J connectivity index is 1.82. The third-order valence-electron chi connectivity index (χ3n) is 4.80. The summed E-state index contributed by atoms with van der Waals surface area (Å²) in [4.78, 5) is 12.7. The highest BCUT2D eigenvalue weighted by Crippen LogP contribution is 2.32. The normalized spacial score (nSPS) is 11.2. The number of nitrogens with one attached hydrogen (secondary N) is 1. The van der Waals surface area contributed by atoms with Crippen LogP contribution in [0.3, 0.4) is 0 Å². The number of rotatable bonds is 6. The number of carbonyl (C=O) groups excluding carboxylic acids is 1. The zero-order valence-corrected chi connectivity index (χ0v) is 19.5. The summed E-state index contributed by atoms with van der Waals surface area (Å²) in [5, 5.41) is 2.60. The molecule has 0 aromatic heterocycles. The van der Waals surface area contributed by atoms with Crippen LogP contribution in [-0.4, -0.2) is 13.0 Å². The number of methoxy groups -OCH3 is 1. The summed E-state index contributed by atoms with van der Waals surface area (Å²) in [6.45, 7) is 6.61. The molecule has 0 aliphatic heterocycles. The van der Waals surface area contributed by atoms with E-state index in [-0.39, 0.29) is 17.7 Å². The van der Waals surface area contributed by atoms with Crippen molar-refractivity contribution in [2.24, 2.45) is 0 Å². The van der Waals surface area contributed by atoms with Gasteiger partial charge in [0.2, 0.25) is 0 Å². The van der Waals surface area contributed by atoms with Gasteiger partial charge in [0.15, 0.2) is 0 Å². The molecule has 6 heteroatoms. The van der Waals surface area contributed by atoms with E-state index in [9.17, 15) is 9.18 Å². The first-order valence-corrected chi connectivity index (χ1v) is 10.6. The third kappa shape index (κ3) is 5.64. The summed E-state index contributed by atoms with van der Waals surface area (Å²) in [6.07, 6.45) is 0. The van der Waals surface area contributed by atoms with E-state index in [0.717, 1.165) is 16.9 Å². The zero-order chi connectivity index (χ0) is 22.6. The Labute approximate surface area is 190 Å². The maximum atomic E-state index is 14.1. The lowest BCUT2D eigenvalue weighted by molar-refractivity contribution is 0.102. The molecule has 1 N–H and O–H groups in total. The molecule has 4 nitrogen and oxygen atoms in total. The summed E-state index contributed by atoms with van der Waals surface area (Å²) < 4.78 is 26.2. The van der Waals surface area contributed by atoms with Crippen LogP contribution in [0.2, 0.25) is 0 Å². The second-order valence-corrected chi connectivity index (χ2v) is 9.06. The molecule has 0 atom stereocenters. The molecule has 3 rings (SSSR count). The van der Waals surface area contributed by atoms with Crippen LogP contribution in [0.4, 0.5) is 10.1 Å². The molecule has 0 bridgehead atoms. The molecular formula is C25H25BrFNO3. The van der Waals surface area contributed by atoms with Crippen molar-refractivity contribution in [1.29, 1.82) is 0 Å². The number of ether oxygens (including phenoxy) is 2. The van der Waals surface area contributed by atoms with Gasteiger partial charge in [-0.2, -0.15) is 0 Å². The number of hydrogen-bond acceptors (Lipinski definition) is 3. The van der Waals surface area contributed by atoms with Crippen molar-refractivity contribution in [3.63, 3.8) is 0 Å². The highest BCUT2D eigenvalue weighted by atomic mass is 79.9. The van der Waals surface area contributed by atoms with Gasteiger partial charge in [0.25, 0.3) is 5.91 Å². The minimum absolute atomic E-state index is 0.0723. The predicted octanol–water partition coefficient (Wildman–Crippen LogP) is 6.73. The Hall–Kier alpha value is -2.86. The van der Waals surface area contributed by atoms with Gasteiger partial charge in [-0.05, 0) is 53.4 Å². The third-order valence-corrected chi connectivity index (χ3v) is 5.29. The summed E-state index contributed by atoms with van der Waals surface area (Å²) in [5.41, 5.74) is 2.23. The average Bonchev–Trinajstić information content (AvgIpc) is 2.73. The predicted molar refractivity (Wildman–Crippen MR) is 125 cm³/mol. The maximum Gasteiger partial charge on any atom is 0.255 e. The summed E-state index contributed by atoms with van der Waals surface area (Å²) in [7, 11) is 1.57. The monoisotopic (exact) mass is 485 g/mol. The van der Waals surface area contributed by atoms with E-state index < -0.39 is 11.7 Å². The lowest BCUT2D eigenvalue weighted by Gasteiger charge is -2.23. The van der Waals surface area contributed by atoms with Gasteiger partial charge in [-0.1, -0.05) is 54.9 Å². The Morgan fingerprint density at radius 1 is 1.03 bits per heavy atom. The number of halogens is 2. The fourth-order valence-corrected chi connectivity index (χ4v) is 3.52. The molecule has 0 radical (unpaired) electrons. The van der Waals surface area contributed by atoms with Crippen molar-refractivity contribution in [3.05, 3.63) is 87.6 Å². The van der Waals surface area contributed by atoms with Gasteiger partial charge in [-0.15, -0.1) is 0 Å². The zero-order valence-electron chi connectivity index (χ0n) is 18.0. The molecule has 0 fully saturated rings. The molecule has 0 heterocycles. The highest BCUT2D eigenvalue weighted by molar-refractivity contribution is 9.10. The van der Waals surface area contributed by atoms with E-state index in [2.05, 4.69) is 42.0 Å². The van der Waals surface area contributed by atoms with Gasteiger partial charge < -0.3 is 14.8 Å². The maximum absolute atomic E-state index is 14.1. The second-order valence-electron chi connectivity index (χ2n) is 8.14. The van der Waals surface area contributed by atoms with Crippen molar-refractivity contribution < 1.29 is 18.7 Å². The Kier molecular flexibility index (Phi) is 7.01. The van der Waals surface area contributed by atoms with Crippen molar-refractivity contribution in [3.8, 4) is 11.5 Å². The summed E-state index contributed by atoms with van der Waals surface area (Å²) >= 11 is 3.21. The van der Waals surface area contributed by atoms with E-state index >= 15 is 0 Å². The largest absolute Gasteiger partial charge is 0.496 e. The van der Waals surface area contributed by atoms with Crippen molar-refractivity contribution in [2.75, 3.05) is 12.4 Å². The number of anilines is 1. The van der Waals surface area contributed by atoms with Crippen LogP contribution in [-0.2, 0) is 12.0 Å². The lowest BCUT2D eigenvalue weighted by Crippen LogP contribution is -2.15. The van der Waals surface area contributed by atoms with Crippen molar-refractivity contribution >= 4 is 27.5 Å². The molecule has 0 unspecified atom stereocenters. The number of benzene rings is 3. The van der Waals surface area contributed by atoms with Gasteiger partial charge in [-0.3, -0.25) is 4.79 Å². The smallest absolute Gasteiger partial charge is 0.255 e. The second kappa shape index (κ2) is 9.52. The number of carbonyl (C=O) groups is 1. The molecule has 0 spiro atoms. The minimum Gasteiger partial charge on any atom is -0.496 e. The lowest BCUT2D eigenvalue weighted by atomic mass is 9.86. The van der Waals surface area contributed by atoms with Crippen LogP contribution < -0.4 is 14.8 Å². The summed E-state index contributed by atoms with van der Waals surface area (Å²) in [5.74, 6) is 0.460. The first-order valence-electron chi connectivity index (χ1n) is 9.84. The molecule has 0 aliphatic carbocycles. The summed E-state index contributed by atoms with van der Waals surface area (Å²) in [6, 6.07) is 17.4. The standard InChI is InChI=1S/C25H25BrFNO3/c1-25(2,3)19-7-5-6-8-23(19)31-15-17-13-16(9-12-22(17)30-4)24(29)28-21-11-10-18(26)14-20(21)27/h5-14H,15H2,1-4H3,(H,28,29). The van der Waals surface area contributed by atoms with Crippen molar-refractivity contribution in [1.82, 2.24) is 0 Å². The molecule has 0 saturated heterocycles. The Morgan fingerprint density at radius 3 is 2.45 bits per heavy atom. The molecule has 3 aromatic carbocycles. The molecule has 31 heavy (non-hydrogen) atoms. The molecule has 0 saturated carbocycles. The number of para-hydroxylation sites is 1. The molecule has 162 valence electrons. The van der Waals surface area contributed by atoms with E-state index in [1.807, 2.05) is 24.3 Å². The van der Waals surface area contributed by atoms with Gasteiger partial charge in [0.1, 0.15) is 23.9 Å². The van der Waals surface area contributed by atoms with E-state index in [1.54, 1.807) is 31.4 Å². The Morgan fingerprint density at radius 2 is 1.77 bits per heavy atom. The fourth-order valence-electron chi connectivity index (χ4n) is 3.19. The first-order chi connectivity index (χ1) is 14.7. The van der Waals surface area contributed by atoms with Crippen LogP contribution in [0.1, 0.15) is 42.3 Å². The Bertz CT molecular complexity index is 1090. The van der Waals surface area contributed by atoms with Crippen LogP contribution in [0.15, 0.2) is 65.1 Å². The van der Waals surface area contributed by atoms with Crippen LogP contribution in [0, 0.1) is 5.82 Å². The van der Waals surface area contributed by atoms with Crippen LogP contribution in [0.25, 0.3) is 0 Å². The van der Waals surface area contributed by atoms with Gasteiger partial charge in [0.05, 0.1) is 12.8 Å². The van der Waals surface area contributed by atoms with E-state index in [0.29, 0.717) is 15.8 Å². The van der Waals surface area contributed by atoms with E-state index in [1.165, 1.54) is 12.1 Å². The highest BCUT2D eigenvalue weighted by Gasteiger charge is 2.19. The van der Waals surface area contributed by atoms with Gasteiger partial charge >= 0.3 is 0 Å². The molecule has 3 aromatic rings. The topological polar surface area (TPSA) is 47.6 Å². The van der Waals surface area contributed by atoms with Gasteiger partial charge in [-0.25, -0.2) is 4.39 Å². The fraction of sp³-hybridized carbons (Fsp3) is 0.240. The molecule has 1 amide bonds. The van der Waals surface area contributed by atoms with Gasteiger partial charge in [0, 0.05) is 15.6 Å². The minimum atomic E-state index is -0.515. The average molecular weight is 486 g/mol. The van der Waals surface area contributed by atoms with Crippen LogP contribution in [0.5, 0.6) is 11.5 Å². The number of amides is 1. The van der Waals surface area contributed by atoms with Crippen LogP contribution >= 0.6 is 15.9 Å². The molecule has 0 aliphatic rings. The number of hydrogen-bond donors (Lipinski definition) is 1. The van der Waals surface area contributed by atoms with E-state index in [4.69, 9.17) is 9.47 Å². The van der Waals surface area contributed by atoms with Crippen molar-refractivity contribution in [2.45, 2.75) is 32.8 Å².